The Morgan fingerprint density at radius 2 is 1.93 bits per heavy atom. The molecular weight excluding hydrogens is 381 g/mol. The molecule has 0 radical (unpaired) electrons. The Hall–Kier alpha value is -1.95. The lowest BCUT2D eigenvalue weighted by Crippen LogP contribution is -2.41. The molecular formula is C22H27ClFNO3. The Kier molecular flexibility index (Phi) is 7.98. The van der Waals surface area contributed by atoms with Crippen molar-refractivity contribution in [1.29, 1.82) is 0 Å². The average Bonchev–Trinajstić information content (AvgIpc) is 2.64. The number of halogens is 2. The molecule has 0 aliphatic carbocycles. The van der Waals surface area contributed by atoms with E-state index in [4.69, 9.17) is 26.8 Å². The normalized spacial score (nSPS) is 14.4. The molecule has 0 spiro atoms. The van der Waals surface area contributed by atoms with E-state index in [9.17, 15) is 9.18 Å². The fourth-order valence-corrected chi connectivity index (χ4v) is 3.49. The first kappa shape index (κ1) is 22.3. The maximum absolute atomic E-state index is 14.0. The molecule has 0 aromatic heterocycles. The van der Waals surface area contributed by atoms with Crippen LogP contribution in [-0.4, -0.2) is 32.3 Å². The predicted molar refractivity (Wildman–Crippen MR) is 110 cm³/mol. The van der Waals surface area contributed by atoms with Gasteiger partial charge in [0.05, 0.1) is 18.6 Å². The van der Waals surface area contributed by atoms with E-state index < -0.39 is 5.41 Å². The minimum Gasteiger partial charge on any atom is -0.466 e. The van der Waals surface area contributed by atoms with Gasteiger partial charge in [-0.05, 0) is 56.0 Å². The number of benzene rings is 2. The van der Waals surface area contributed by atoms with Crippen LogP contribution >= 0.6 is 11.6 Å². The first-order chi connectivity index (χ1) is 13.3. The van der Waals surface area contributed by atoms with Crippen molar-refractivity contribution in [3.05, 3.63) is 58.9 Å². The Morgan fingerprint density at radius 3 is 2.54 bits per heavy atom. The monoisotopic (exact) mass is 407 g/mol. The van der Waals surface area contributed by atoms with Crippen molar-refractivity contribution in [2.75, 3.05) is 20.3 Å². The van der Waals surface area contributed by atoms with Gasteiger partial charge in [0.1, 0.15) is 5.82 Å². The molecule has 2 atom stereocenters. The quantitative estimate of drug-likeness (QED) is 0.616. The Labute approximate surface area is 170 Å². The van der Waals surface area contributed by atoms with Crippen LogP contribution in [0.15, 0.2) is 42.5 Å². The van der Waals surface area contributed by atoms with Crippen LogP contribution in [0.25, 0.3) is 11.1 Å². The van der Waals surface area contributed by atoms with Crippen LogP contribution in [0.3, 0.4) is 0 Å². The highest BCUT2D eigenvalue weighted by Gasteiger charge is 2.36. The van der Waals surface area contributed by atoms with Gasteiger partial charge in [0.2, 0.25) is 0 Å². The van der Waals surface area contributed by atoms with E-state index in [-0.39, 0.29) is 24.4 Å². The average molecular weight is 408 g/mol. The van der Waals surface area contributed by atoms with Gasteiger partial charge >= 0.3 is 5.97 Å². The SMILES string of the molecule is CCOC(=O)[C@@](C)(COC)CC(N)Cc1ccc(-c2cc(Cl)ccc2F)cc1. The van der Waals surface area contributed by atoms with E-state index in [1.807, 2.05) is 24.3 Å². The predicted octanol–water partition coefficient (Wildman–Crippen LogP) is 4.62. The van der Waals surface area contributed by atoms with Crippen LogP contribution in [0.2, 0.25) is 5.02 Å². The summed E-state index contributed by atoms with van der Waals surface area (Å²) in [6.07, 6.45) is 1.02. The molecule has 0 amide bonds. The molecule has 152 valence electrons. The lowest BCUT2D eigenvalue weighted by atomic mass is 9.82. The molecule has 1 unspecified atom stereocenters. The van der Waals surface area contributed by atoms with Crippen molar-refractivity contribution in [2.45, 2.75) is 32.7 Å². The summed E-state index contributed by atoms with van der Waals surface area (Å²) in [5, 5.41) is 0.485. The molecule has 6 heteroatoms. The lowest BCUT2D eigenvalue weighted by Gasteiger charge is -2.29. The van der Waals surface area contributed by atoms with Gasteiger partial charge < -0.3 is 15.2 Å². The molecule has 2 rings (SSSR count). The standard InChI is InChI=1S/C22H27ClFNO3/c1-4-28-21(26)22(2,14-27-3)13-18(25)11-15-5-7-16(8-6-15)19-12-17(23)9-10-20(19)24/h5-10,12,18H,4,11,13-14,25H2,1-3H3/t18?,22-/m1/s1. The summed E-state index contributed by atoms with van der Waals surface area (Å²) in [4.78, 5) is 12.3. The molecule has 4 nitrogen and oxygen atoms in total. The van der Waals surface area contributed by atoms with Gasteiger partial charge in [0.25, 0.3) is 0 Å². The zero-order valence-corrected chi connectivity index (χ0v) is 17.3. The number of methoxy groups -OCH3 is 1. The largest absolute Gasteiger partial charge is 0.466 e. The maximum Gasteiger partial charge on any atom is 0.314 e. The van der Waals surface area contributed by atoms with Gasteiger partial charge in [-0.3, -0.25) is 4.79 Å². The smallest absolute Gasteiger partial charge is 0.314 e. The summed E-state index contributed by atoms with van der Waals surface area (Å²) >= 11 is 5.97. The maximum atomic E-state index is 14.0. The highest BCUT2D eigenvalue weighted by molar-refractivity contribution is 6.30. The third-order valence-electron chi connectivity index (χ3n) is 4.64. The highest BCUT2D eigenvalue weighted by atomic mass is 35.5. The van der Waals surface area contributed by atoms with E-state index in [1.165, 1.54) is 12.1 Å². The fraction of sp³-hybridized carbons (Fsp3) is 0.409. The van der Waals surface area contributed by atoms with Crippen molar-refractivity contribution >= 4 is 17.6 Å². The van der Waals surface area contributed by atoms with Crippen LogP contribution < -0.4 is 5.73 Å². The zero-order chi connectivity index (χ0) is 20.7. The van der Waals surface area contributed by atoms with E-state index in [0.29, 0.717) is 30.0 Å². The number of hydrogen-bond donors (Lipinski definition) is 1. The first-order valence-electron chi connectivity index (χ1n) is 9.25. The fourth-order valence-electron chi connectivity index (χ4n) is 3.32. The second-order valence-corrected chi connectivity index (χ2v) is 7.64. The van der Waals surface area contributed by atoms with Crippen LogP contribution in [0.4, 0.5) is 4.39 Å². The molecule has 2 aromatic carbocycles. The molecule has 2 aromatic rings. The van der Waals surface area contributed by atoms with Crippen molar-refractivity contribution in [1.82, 2.24) is 0 Å². The summed E-state index contributed by atoms with van der Waals surface area (Å²) in [5.41, 5.74) is 7.71. The number of ether oxygens (including phenoxy) is 2. The Morgan fingerprint density at radius 1 is 1.25 bits per heavy atom. The molecule has 0 heterocycles. The highest BCUT2D eigenvalue weighted by Crippen LogP contribution is 2.28. The van der Waals surface area contributed by atoms with Gasteiger partial charge in [-0.15, -0.1) is 0 Å². The van der Waals surface area contributed by atoms with Crippen LogP contribution in [0, 0.1) is 11.2 Å². The Balaban J connectivity index is 2.08. The van der Waals surface area contributed by atoms with Gasteiger partial charge in [-0.25, -0.2) is 4.39 Å². The number of carbonyl (C=O) groups is 1. The van der Waals surface area contributed by atoms with Crippen molar-refractivity contribution in [2.24, 2.45) is 11.1 Å². The Bertz CT molecular complexity index is 797. The summed E-state index contributed by atoms with van der Waals surface area (Å²) in [5.74, 6) is -0.627. The molecule has 0 bridgehead atoms. The summed E-state index contributed by atoms with van der Waals surface area (Å²) in [6.45, 7) is 4.14. The van der Waals surface area contributed by atoms with Gasteiger partial charge in [0.15, 0.2) is 0 Å². The molecule has 0 fully saturated rings. The van der Waals surface area contributed by atoms with Gasteiger partial charge in [-0.1, -0.05) is 35.9 Å². The first-order valence-corrected chi connectivity index (χ1v) is 9.63. The van der Waals surface area contributed by atoms with E-state index in [1.54, 1.807) is 27.0 Å². The van der Waals surface area contributed by atoms with Crippen molar-refractivity contribution in [3.63, 3.8) is 0 Å². The van der Waals surface area contributed by atoms with E-state index in [2.05, 4.69) is 0 Å². The second kappa shape index (κ2) is 10.0. The molecule has 0 saturated heterocycles. The third-order valence-corrected chi connectivity index (χ3v) is 4.87. The summed E-state index contributed by atoms with van der Waals surface area (Å²) in [7, 11) is 1.55. The molecule has 28 heavy (non-hydrogen) atoms. The topological polar surface area (TPSA) is 61.5 Å². The molecule has 0 aliphatic rings. The zero-order valence-electron chi connectivity index (χ0n) is 16.5. The van der Waals surface area contributed by atoms with Crippen LogP contribution in [0.1, 0.15) is 25.8 Å². The minimum absolute atomic E-state index is 0.243. The van der Waals surface area contributed by atoms with Crippen molar-refractivity contribution in [3.8, 4) is 11.1 Å². The molecule has 2 N–H and O–H groups in total. The number of carbonyl (C=O) groups excluding carboxylic acids is 1. The summed E-state index contributed by atoms with van der Waals surface area (Å²) < 4.78 is 24.4. The van der Waals surface area contributed by atoms with E-state index >= 15 is 0 Å². The van der Waals surface area contributed by atoms with Gasteiger partial charge in [0, 0.05) is 23.7 Å². The summed E-state index contributed by atoms with van der Waals surface area (Å²) in [6, 6.07) is 11.7. The number of esters is 1. The van der Waals surface area contributed by atoms with Gasteiger partial charge in [-0.2, -0.15) is 0 Å². The van der Waals surface area contributed by atoms with Crippen LogP contribution in [-0.2, 0) is 20.7 Å². The lowest BCUT2D eigenvalue weighted by molar-refractivity contribution is -0.158. The molecule has 0 aliphatic heterocycles. The number of rotatable bonds is 9. The number of nitrogens with two attached hydrogens (primary N) is 1. The second-order valence-electron chi connectivity index (χ2n) is 7.20. The van der Waals surface area contributed by atoms with Crippen LogP contribution in [0.5, 0.6) is 0 Å². The van der Waals surface area contributed by atoms with E-state index in [0.717, 1.165) is 11.1 Å². The third kappa shape index (κ3) is 5.77. The van der Waals surface area contributed by atoms with Crippen molar-refractivity contribution < 1.29 is 18.7 Å². The number of hydrogen-bond acceptors (Lipinski definition) is 4. The molecule has 0 saturated carbocycles. The minimum atomic E-state index is -0.798.